The Morgan fingerprint density at radius 3 is 2.52 bits per heavy atom. The van der Waals surface area contributed by atoms with Crippen LogP contribution in [0.2, 0.25) is 0 Å². The highest BCUT2D eigenvalue weighted by atomic mass is 32.1. The number of para-hydroxylation sites is 2. The number of methoxy groups -OCH3 is 1. The van der Waals surface area contributed by atoms with Crippen molar-refractivity contribution in [2.45, 2.75) is 25.2 Å². The van der Waals surface area contributed by atoms with Crippen LogP contribution < -0.4 is 9.64 Å². The number of likely N-dealkylation sites (tertiary alicyclic amines) is 1. The normalized spacial score (nSPS) is 19.2. The van der Waals surface area contributed by atoms with Gasteiger partial charge in [0.15, 0.2) is 5.01 Å². The van der Waals surface area contributed by atoms with Crippen molar-refractivity contribution in [3.8, 4) is 16.3 Å². The van der Waals surface area contributed by atoms with Crippen molar-refractivity contribution in [1.29, 1.82) is 0 Å². The molecule has 1 aromatic heterocycles. The van der Waals surface area contributed by atoms with Crippen LogP contribution >= 0.6 is 11.3 Å². The quantitative estimate of drug-likeness (QED) is 0.574. The molecule has 5 rings (SSSR count). The molecule has 2 aromatic carbocycles. The maximum atomic E-state index is 13.1. The number of anilines is 1. The summed E-state index contributed by atoms with van der Waals surface area (Å²) in [5.74, 6) is 0.921. The Morgan fingerprint density at radius 2 is 1.76 bits per heavy atom. The van der Waals surface area contributed by atoms with Gasteiger partial charge in [0.2, 0.25) is 11.8 Å². The molecule has 170 valence electrons. The van der Waals surface area contributed by atoms with E-state index in [0.717, 1.165) is 39.9 Å². The molecule has 0 N–H and O–H groups in total. The topological polar surface area (TPSA) is 75.6 Å². The molecular formula is C25H26N4O3S. The van der Waals surface area contributed by atoms with Crippen molar-refractivity contribution >= 4 is 28.8 Å². The molecule has 2 fully saturated rings. The predicted octanol–water partition coefficient (Wildman–Crippen LogP) is 3.97. The van der Waals surface area contributed by atoms with Crippen LogP contribution in [0.5, 0.6) is 5.75 Å². The Bertz CT molecular complexity index is 1140. The molecule has 33 heavy (non-hydrogen) atoms. The average Bonchev–Trinajstić information content (AvgIpc) is 3.51. The smallest absolute Gasteiger partial charge is 0.228 e. The second kappa shape index (κ2) is 9.31. The van der Waals surface area contributed by atoms with Gasteiger partial charge >= 0.3 is 0 Å². The Hall–Kier alpha value is -3.26. The number of carbonyl (C=O) groups excluding carboxylic acids is 2. The third kappa shape index (κ3) is 4.35. The highest BCUT2D eigenvalue weighted by Gasteiger charge is 2.38. The van der Waals surface area contributed by atoms with E-state index in [0.29, 0.717) is 25.6 Å². The van der Waals surface area contributed by atoms with Crippen LogP contribution in [0, 0.1) is 5.92 Å². The lowest BCUT2D eigenvalue weighted by atomic mass is 9.96. The summed E-state index contributed by atoms with van der Waals surface area (Å²) in [6, 6.07) is 17.4. The van der Waals surface area contributed by atoms with E-state index in [1.165, 1.54) is 0 Å². The van der Waals surface area contributed by atoms with Gasteiger partial charge in [-0.05, 0) is 37.1 Å². The molecular weight excluding hydrogens is 436 g/mol. The first-order valence-electron chi connectivity index (χ1n) is 11.2. The number of nitrogens with zero attached hydrogens (tertiary/aromatic N) is 4. The molecule has 0 saturated carbocycles. The van der Waals surface area contributed by atoms with Gasteiger partial charge in [0.1, 0.15) is 10.8 Å². The number of amides is 2. The first-order chi connectivity index (χ1) is 16.1. The number of aromatic nitrogens is 2. The highest BCUT2D eigenvalue weighted by Crippen LogP contribution is 2.37. The van der Waals surface area contributed by atoms with E-state index < -0.39 is 0 Å². The summed E-state index contributed by atoms with van der Waals surface area (Å²) in [6.07, 6.45) is 2.00. The van der Waals surface area contributed by atoms with Gasteiger partial charge in [-0.3, -0.25) is 9.59 Å². The molecule has 2 saturated heterocycles. The minimum atomic E-state index is -0.270. The maximum absolute atomic E-state index is 13.1. The summed E-state index contributed by atoms with van der Waals surface area (Å²) in [7, 11) is 1.66. The van der Waals surface area contributed by atoms with E-state index in [-0.39, 0.29) is 24.2 Å². The summed E-state index contributed by atoms with van der Waals surface area (Å²) in [5, 5.41) is 10.7. The maximum Gasteiger partial charge on any atom is 0.228 e. The van der Waals surface area contributed by atoms with E-state index >= 15 is 0 Å². The first-order valence-corrected chi connectivity index (χ1v) is 12.1. The van der Waals surface area contributed by atoms with Crippen molar-refractivity contribution in [3.05, 3.63) is 59.6 Å². The van der Waals surface area contributed by atoms with Gasteiger partial charge in [0, 0.05) is 37.7 Å². The van der Waals surface area contributed by atoms with Gasteiger partial charge in [0.25, 0.3) is 0 Å². The van der Waals surface area contributed by atoms with Crippen LogP contribution in [0.3, 0.4) is 0 Å². The Kier molecular flexibility index (Phi) is 6.09. The summed E-state index contributed by atoms with van der Waals surface area (Å²) < 4.78 is 5.45. The number of piperidine rings is 1. The third-order valence-corrected chi connectivity index (χ3v) is 7.60. The van der Waals surface area contributed by atoms with Crippen molar-refractivity contribution in [1.82, 2.24) is 15.1 Å². The van der Waals surface area contributed by atoms with Crippen molar-refractivity contribution in [2.75, 3.05) is 31.6 Å². The molecule has 2 aliphatic heterocycles. The minimum absolute atomic E-state index is 0.0205. The number of hydrogen-bond acceptors (Lipinski definition) is 6. The zero-order valence-corrected chi connectivity index (χ0v) is 19.3. The van der Waals surface area contributed by atoms with Crippen LogP contribution in [-0.4, -0.2) is 53.7 Å². The number of rotatable bonds is 5. The molecule has 1 atom stereocenters. The molecule has 7 nitrogen and oxygen atoms in total. The van der Waals surface area contributed by atoms with Crippen LogP contribution in [0.1, 0.15) is 30.2 Å². The van der Waals surface area contributed by atoms with Crippen LogP contribution in [0.15, 0.2) is 54.6 Å². The molecule has 0 bridgehead atoms. The number of carbonyl (C=O) groups is 2. The molecule has 3 aromatic rings. The molecule has 2 amide bonds. The Balaban J connectivity index is 1.20. The van der Waals surface area contributed by atoms with Crippen molar-refractivity contribution in [2.24, 2.45) is 5.92 Å². The summed E-state index contributed by atoms with van der Waals surface area (Å²) in [6.45, 7) is 1.83. The van der Waals surface area contributed by atoms with E-state index in [4.69, 9.17) is 4.74 Å². The SMILES string of the molecule is COc1ccccc1-c1nnc(C2CCN(C(=O)C3CC(=O)N(c4ccccc4)C3)CC2)s1. The number of benzene rings is 2. The molecule has 8 heteroatoms. The van der Waals surface area contributed by atoms with Crippen LogP contribution in [0.4, 0.5) is 5.69 Å². The first kappa shape index (κ1) is 21.6. The molecule has 0 radical (unpaired) electrons. The molecule has 1 unspecified atom stereocenters. The van der Waals surface area contributed by atoms with E-state index in [1.807, 2.05) is 59.5 Å². The van der Waals surface area contributed by atoms with Gasteiger partial charge < -0.3 is 14.5 Å². The lowest BCUT2D eigenvalue weighted by Gasteiger charge is -2.32. The number of ether oxygens (including phenoxy) is 1. The fourth-order valence-electron chi connectivity index (χ4n) is 4.67. The number of hydrogen-bond donors (Lipinski definition) is 0. The third-order valence-electron chi connectivity index (χ3n) is 6.48. The van der Waals surface area contributed by atoms with Gasteiger partial charge in [-0.15, -0.1) is 10.2 Å². The molecule has 0 aliphatic carbocycles. The van der Waals surface area contributed by atoms with Crippen LogP contribution in [0.25, 0.3) is 10.6 Å². The Labute approximate surface area is 197 Å². The average molecular weight is 463 g/mol. The summed E-state index contributed by atoms with van der Waals surface area (Å²) in [4.78, 5) is 29.3. The molecule has 0 spiro atoms. The Morgan fingerprint density at radius 1 is 1.03 bits per heavy atom. The molecule has 2 aliphatic rings. The van der Waals surface area contributed by atoms with Gasteiger partial charge in [-0.25, -0.2) is 0 Å². The fraction of sp³-hybridized carbons (Fsp3) is 0.360. The van der Waals surface area contributed by atoms with Crippen molar-refractivity contribution in [3.63, 3.8) is 0 Å². The van der Waals surface area contributed by atoms with Gasteiger partial charge in [0.05, 0.1) is 18.6 Å². The summed E-state index contributed by atoms with van der Waals surface area (Å²) in [5.41, 5.74) is 1.81. The largest absolute Gasteiger partial charge is 0.496 e. The second-order valence-corrected chi connectivity index (χ2v) is 9.50. The fourth-order valence-corrected chi connectivity index (χ4v) is 5.71. The van der Waals surface area contributed by atoms with E-state index in [1.54, 1.807) is 23.3 Å². The predicted molar refractivity (Wildman–Crippen MR) is 127 cm³/mol. The monoisotopic (exact) mass is 462 g/mol. The zero-order valence-electron chi connectivity index (χ0n) is 18.5. The lowest BCUT2D eigenvalue weighted by Crippen LogP contribution is -2.42. The second-order valence-electron chi connectivity index (χ2n) is 8.49. The van der Waals surface area contributed by atoms with E-state index in [9.17, 15) is 9.59 Å². The van der Waals surface area contributed by atoms with Gasteiger partial charge in [-0.1, -0.05) is 41.7 Å². The standard InChI is InChI=1S/C25H26N4O3S/c1-32-21-10-6-5-9-20(21)24-27-26-23(33-24)17-11-13-28(14-12-17)25(31)18-15-22(30)29(16-18)19-7-3-2-4-8-19/h2-10,17-18H,11-16H2,1H3. The summed E-state index contributed by atoms with van der Waals surface area (Å²) >= 11 is 1.60. The van der Waals surface area contributed by atoms with E-state index in [2.05, 4.69) is 10.2 Å². The van der Waals surface area contributed by atoms with Gasteiger partial charge in [-0.2, -0.15) is 0 Å². The highest BCUT2D eigenvalue weighted by molar-refractivity contribution is 7.14. The zero-order chi connectivity index (χ0) is 22.8. The lowest BCUT2D eigenvalue weighted by molar-refractivity contribution is -0.136. The molecule has 3 heterocycles. The minimum Gasteiger partial charge on any atom is -0.496 e. The van der Waals surface area contributed by atoms with Crippen LogP contribution in [-0.2, 0) is 9.59 Å². The van der Waals surface area contributed by atoms with Crippen molar-refractivity contribution < 1.29 is 14.3 Å².